The predicted octanol–water partition coefficient (Wildman–Crippen LogP) is 4.05. The molecule has 4 rings (SSSR count). The van der Waals surface area contributed by atoms with E-state index in [1.807, 2.05) is 6.07 Å². The van der Waals surface area contributed by atoms with Gasteiger partial charge in [-0.25, -0.2) is 4.39 Å². The third kappa shape index (κ3) is 3.08. The number of hydrogen-bond acceptors (Lipinski definition) is 1. The minimum absolute atomic E-state index is 0.0192. The van der Waals surface area contributed by atoms with E-state index >= 15 is 0 Å². The van der Waals surface area contributed by atoms with Crippen LogP contribution in [0.4, 0.5) is 4.39 Å². The summed E-state index contributed by atoms with van der Waals surface area (Å²) in [5.74, 6) is -0.150. The predicted molar refractivity (Wildman–Crippen MR) is 92.4 cm³/mol. The van der Waals surface area contributed by atoms with Crippen molar-refractivity contribution in [3.63, 3.8) is 0 Å². The Kier molecular flexibility index (Phi) is 4.09. The van der Waals surface area contributed by atoms with E-state index in [2.05, 4.69) is 23.5 Å². The number of aryl methyl sites for hydroxylation is 3. The zero-order valence-corrected chi connectivity index (χ0v) is 13.8. The molecule has 2 aliphatic carbocycles. The van der Waals surface area contributed by atoms with E-state index in [1.165, 1.54) is 30.0 Å². The molecular formula is C21H22FNO. The van der Waals surface area contributed by atoms with Crippen LogP contribution in [0.25, 0.3) is 0 Å². The Morgan fingerprint density at radius 2 is 1.83 bits per heavy atom. The third-order valence-corrected chi connectivity index (χ3v) is 5.30. The lowest BCUT2D eigenvalue weighted by atomic mass is 9.90. The average Bonchev–Trinajstić information content (AvgIpc) is 2.96. The number of benzene rings is 2. The molecular weight excluding hydrogens is 301 g/mol. The minimum Gasteiger partial charge on any atom is -0.349 e. The first kappa shape index (κ1) is 15.4. The van der Waals surface area contributed by atoms with E-state index in [9.17, 15) is 9.18 Å². The lowest BCUT2D eigenvalue weighted by Crippen LogP contribution is -2.28. The molecule has 0 saturated heterocycles. The fourth-order valence-electron chi connectivity index (χ4n) is 4.06. The molecule has 0 fully saturated rings. The maximum absolute atomic E-state index is 13.3. The number of hydrogen-bond donors (Lipinski definition) is 1. The lowest BCUT2D eigenvalue weighted by molar-refractivity contribution is -0.121. The first-order valence-corrected chi connectivity index (χ1v) is 8.87. The molecule has 2 nitrogen and oxygen atoms in total. The van der Waals surface area contributed by atoms with Gasteiger partial charge in [-0.1, -0.05) is 24.3 Å². The standard InChI is InChI=1S/C21H22FNO/c22-18-8-9-19-17(13-18)7-10-20(19)23-21(24)12-14-5-6-15-3-1-2-4-16(15)11-14/h5-6,8-9,11,13,20H,1-4,7,10,12H2,(H,23,24). The van der Waals surface area contributed by atoms with E-state index in [1.54, 1.807) is 6.07 Å². The molecule has 0 spiro atoms. The maximum Gasteiger partial charge on any atom is 0.224 e. The van der Waals surface area contributed by atoms with Gasteiger partial charge >= 0.3 is 0 Å². The van der Waals surface area contributed by atoms with Gasteiger partial charge in [-0.2, -0.15) is 0 Å². The van der Waals surface area contributed by atoms with Crippen LogP contribution in [0, 0.1) is 5.82 Å². The number of halogens is 1. The Balaban J connectivity index is 1.43. The van der Waals surface area contributed by atoms with Crippen LogP contribution in [-0.4, -0.2) is 5.91 Å². The van der Waals surface area contributed by atoms with Crippen molar-refractivity contribution >= 4 is 5.91 Å². The molecule has 2 aromatic rings. The fraction of sp³-hybridized carbons (Fsp3) is 0.381. The van der Waals surface area contributed by atoms with Crippen LogP contribution < -0.4 is 5.32 Å². The Labute approximate surface area is 142 Å². The molecule has 3 heteroatoms. The molecule has 1 atom stereocenters. The third-order valence-electron chi connectivity index (χ3n) is 5.30. The highest BCUT2D eigenvalue weighted by Crippen LogP contribution is 2.31. The molecule has 0 aliphatic heterocycles. The SMILES string of the molecule is O=C(Cc1ccc2c(c1)CCCC2)NC1CCc2cc(F)ccc21. The molecule has 2 aromatic carbocycles. The minimum atomic E-state index is -0.199. The van der Waals surface area contributed by atoms with Gasteiger partial charge in [0, 0.05) is 0 Å². The largest absolute Gasteiger partial charge is 0.349 e. The highest BCUT2D eigenvalue weighted by molar-refractivity contribution is 5.79. The van der Waals surface area contributed by atoms with Crippen molar-refractivity contribution in [3.05, 3.63) is 70.0 Å². The Bertz CT molecular complexity index is 783. The summed E-state index contributed by atoms with van der Waals surface area (Å²) >= 11 is 0. The van der Waals surface area contributed by atoms with Gasteiger partial charge < -0.3 is 5.32 Å². The molecule has 0 heterocycles. The molecule has 0 saturated carbocycles. The number of amides is 1. The van der Waals surface area contributed by atoms with E-state index in [-0.39, 0.29) is 17.8 Å². The van der Waals surface area contributed by atoms with Gasteiger partial charge in [0.25, 0.3) is 0 Å². The highest BCUT2D eigenvalue weighted by atomic mass is 19.1. The average molecular weight is 323 g/mol. The summed E-state index contributed by atoms with van der Waals surface area (Å²) in [5, 5.41) is 3.12. The quantitative estimate of drug-likeness (QED) is 0.907. The number of carbonyl (C=O) groups excluding carboxylic acids is 1. The zero-order chi connectivity index (χ0) is 16.5. The number of rotatable bonds is 3. The van der Waals surface area contributed by atoms with Gasteiger partial charge in [-0.3, -0.25) is 4.79 Å². The molecule has 124 valence electrons. The second-order valence-corrected chi connectivity index (χ2v) is 6.99. The summed E-state index contributed by atoms with van der Waals surface area (Å²) in [5.41, 5.74) is 6.03. The van der Waals surface area contributed by atoms with Gasteiger partial charge in [-0.15, -0.1) is 0 Å². The molecule has 0 bridgehead atoms. The summed E-state index contributed by atoms with van der Waals surface area (Å²) in [6, 6.07) is 11.4. The highest BCUT2D eigenvalue weighted by Gasteiger charge is 2.24. The number of nitrogens with one attached hydrogen (secondary N) is 1. The number of carbonyl (C=O) groups is 1. The van der Waals surface area contributed by atoms with Gasteiger partial charge in [0.05, 0.1) is 12.5 Å². The Morgan fingerprint density at radius 3 is 2.71 bits per heavy atom. The van der Waals surface area contributed by atoms with Crippen LogP contribution in [0.2, 0.25) is 0 Å². The summed E-state index contributed by atoms with van der Waals surface area (Å²) < 4.78 is 13.3. The van der Waals surface area contributed by atoms with Crippen molar-refractivity contribution in [2.45, 2.75) is 51.0 Å². The van der Waals surface area contributed by atoms with Crippen LogP contribution >= 0.6 is 0 Å². The molecule has 1 amide bonds. The van der Waals surface area contributed by atoms with Crippen LogP contribution in [0.1, 0.15) is 53.1 Å². The summed E-state index contributed by atoms with van der Waals surface area (Å²) in [6.07, 6.45) is 6.92. The van der Waals surface area contributed by atoms with Gasteiger partial charge in [0.15, 0.2) is 0 Å². The Hall–Kier alpha value is -2.16. The molecule has 2 aliphatic rings. The summed E-state index contributed by atoms with van der Waals surface area (Å²) in [7, 11) is 0. The van der Waals surface area contributed by atoms with Gasteiger partial charge in [0.1, 0.15) is 5.82 Å². The van der Waals surface area contributed by atoms with Crippen molar-refractivity contribution in [1.82, 2.24) is 5.32 Å². The van der Waals surface area contributed by atoms with E-state index < -0.39 is 0 Å². The van der Waals surface area contributed by atoms with Crippen molar-refractivity contribution in [1.29, 1.82) is 0 Å². The molecule has 24 heavy (non-hydrogen) atoms. The van der Waals surface area contributed by atoms with E-state index in [4.69, 9.17) is 0 Å². The first-order chi connectivity index (χ1) is 11.7. The second kappa shape index (κ2) is 6.39. The second-order valence-electron chi connectivity index (χ2n) is 6.99. The van der Waals surface area contributed by atoms with Crippen LogP contribution in [0.3, 0.4) is 0 Å². The monoisotopic (exact) mass is 323 g/mol. The van der Waals surface area contributed by atoms with Crippen molar-refractivity contribution in [2.24, 2.45) is 0 Å². The van der Waals surface area contributed by atoms with Crippen LogP contribution in [0.5, 0.6) is 0 Å². The summed E-state index contributed by atoms with van der Waals surface area (Å²) in [6.45, 7) is 0. The van der Waals surface area contributed by atoms with Gasteiger partial charge in [0.2, 0.25) is 5.91 Å². The molecule has 0 aromatic heterocycles. The van der Waals surface area contributed by atoms with Gasteiger partial charge in [-0.05, 0) is 78.5 Å². The molecule has 1 N–H and O–H groups in total. The molecule has 0 radical (unpaired) electrons. The van der Waals surface area contributed by atoms with E-state index in [0.717, 1.165) is 42.4 Å². The Morgan fingerprint density at radius 1 is 1.00 bits per heavy atom. The fourth-order valence-corrected chi connectivity index (χ4v) is 4.06. The maximum atomic E-state index is 13.3. The van der Waals surface area contributed by atoms with Crippen LogP contribution in [0.15, 0.2) is 36.4 Å². The number of fused-ring (bicyclic) bond motifs is 2. The normalized spacial score (nSPS) is 18.8. The molecule has 1 unspecified atom stereocenters. The van der Waals surface area contributed by atoms with Crippen LogP contribution in [-0.2, 0) is 30.5 Å². The zero-order valence-electron chi connectivity index (χ0n) is 13.8. The van der Waals surface area contributed by atoms with Crippen molar-refractivity contribution in [3.8, 4) is 0 Å². The topological polar surface area (TPSA) is 29.1 Å². The first-order valence-electron chi connectivity index (χ1n) is 8.87. The van der Waals surface area contributed by atoms with Crippen molar-refractivity contribution in [2.75, 3.05) is 0 Å². The lowest BCUT2D eigenvalue weighted by Gasteiger charge is -2.17. The summed E-state index contributed by atoms with van der Waals surface area (Å²) in [4.78, 5) is 12.4. The smallest absolute Gasteiger partial charge is 0.224 e. The van der Waals surface area contributed by atoms with E-state index in [0.29, 0.717) is 6.42 Å². The van der Waals surface area contributed by atoms with Crippen molar-refractivity contribution < 1.29 is 9.18 Å².